The Morgan fingerprint density at radius 3 is 2.52 bits per heavy atom. The maximum absolute atomic E-state index is 13.0. The normalized spacial score (nSPS) is 15.5. The summed E-state index contributed by atoms with van der Waals surface area (Å²) in [5, 5.41) is -0.353. The summed E-state index contributed by atoms with van der Waals surface area (Å²) in [5.41, 5.74) is 1.41. The van der Waals surface area contributed by atoms with Gasteiger partial charge in [0.1, 0.15) is 5.82 Å². The minimum atomic E-state index is -0.372. The Labute approximate surface area is 160 Å². The lowest BCUT2D eigenvalue weighted by Gasteiger charge is -2.12. The lowest BCUT2D eigenvalue weighted by Crippen LogP contribution is -2.27. The third-order valence-electron chi connectivity index (χ3n) is 3.91. The van der Waals surface area contributed by atoms with E-state index < -0.39 is 0 Å². The van der Waals surface area contributed by atoms with Crippen molar-refractivity contribution in [1.29, 1.82) is 0 Å². The molecule has 1 aliphatic rings. The molecule has 0 bridgehead atoms. The van der Waals surface area contributed by atoms with E-state index in [9.17, 15) is 14.0 Å². The van der Waals surface area contributed by atoms with Crippen molar-refractivity contribution in [1.82, 2.24) is 4.90 Å². The highest BCUT2D eigenvalue weighted by atomic mass is 32.2. The molecule has 0 saturated carbocycles. The number of imide groups is 1. The van der Waals surface area contributed by atoms with Crippen LogP contribution in [0.1, 0.15) is 18.1 Å². The van der Waals surface area contributed by atoms with E-state index in [0.29, 0.717) is 28.6 Å². The molecule has 7 heteroatoms. The summed E-state index contributed by atoms with van der Waals surface area (Å²) in [7, 11) is 1.55. The number of carbonyl (C=O) groups excluding carboxylic acids is 2. The number of amides is 2. The Morgan fingerprint density at radius 2 is 1.85 bits per heavy atom. The predicted octanol–water partition coefficient (Wildman–Crippen LogP) is 4.47. The molecule has 0 spiro atoms. The smallest absolute Gasteiger partial charge is 0.293 e. The molecule has 1 heterocycles. The SMILES string of the molecule is CCOc1cc(/C=C2\SC(=O)N(Cc3ccc(F)cc3)C2=O)ccc1OC. The summed E-state index contributed by atoms with van der Waals surface area (Å²) in [4.78, 5) is 26.3. The van der Waals surface area contributed by atoms with Crippen molar-refractivity contribution in [3.8, 4) is 11.5 Å². The lowest BCUT2D eigenvalue weighted by atomic mass is 10.1. The van der Waals surface area contributed by atoms with Crippen molar-refractivity contribution in [2.75, 3.05) is 13.7 Å². The Morgan fingerprint density at radius 1 is 1.11 bits per heavy atom. The van der Waals surface area contributed by atoms with Crippen LogP contribution in [0.25, 0.3) is 6.08 Å². The molecule has 0 aliphatic carbocycles. The highest BCUT2D eigenvalue weighted by molar-refractivity contribution is 8.18. The molecule has 3 rings (SSSR count). The first kappa shape index (κ1) is 19.0. The zero-order chi connectivity index (χ0) is 19.4. The van der Waals surface area contributed by atoms with Crippen LogP contribution in [-0.2, 0) is 11.3 Å². The standard InChI is InChI=1S/C20H18FNO4S/c1-3-26-17-10-14(6-9-16(17)25-2)11-18-19(23)22(20(24)27-18)12-13-4-7-15(21)8-5-13/h4-11H,3,12H2,1-2H3/b18-11-. The lowest BCUT2D eigenvalue weighted by molar-refractivity contribution is -0.123. The van der Waals surface area contributed by atoms with Gasteiger partial charge in [-0.3, -0.25) is 14.5 Å². The second kappa shape index (κ2) is 8.26. The Kier molecular flexibility index (Phi) is 5.81. The van der Waals surface area contributed by atoms with E-state index in [1.54, 1.807) is 43.5 Å². The van der Waals surface area contributed by atoms with Gasteiger partial charge in [-0.1, -0.05) is 18.2 Å². The summed E-state index contributed by atoms with van der Waals surface area (Å²) in [6, 6.07) is 11.0. The van der Waals surface area contributed by atoms with E-state index in [2.05, 4.69) is 0 Å². The first-order chi connectivity index (χ1) is 13.0. The molecule has 5 nitrogen and oxygen atoms in total. The quantitative estimate of drug-likeness (QED) is 0.685. The fraction of sp³-hybridized carbons (Fsp3) is 0.200. The molecule has 0 radical (unpaired) electrons. The molecule has 1 fully saturated rings. The highest BCUT2D eigenvalue weighted by Crippen LogP contribution is 2.35. The first-order valence-corrected chi connectivity index (χ1v) is 9.14. The van der Waals surface area contributed by atoms with Crippen LogP contribution in [0.5, 0.6) is 11.5 Å². The number of halogens is 1. The Hall–Kier alpha value is -2.80. The maximum atomic E-state index is 13.0. The number of hydrogen-bond donors (Lipinski definition) is 0. The van der Waals surface area contributed by atoms with E-state index in [-0.39, 0.29) is 23.5 Å². The fourth-order valence-corrected chi connectivity index (χ4v) is 3.45. The van der Waals surface area contributed by atoms with Crippen LogP contribution < -0.4 is 9.47 Å². The molecule has 1 aliphatic heterocycles. The van der Waals surface area contributed by atoms with Crippen LogP contribution in [0.2, 0.25) is 0 Å². The van der Waals surface area contributed by atoms with Crippen LogP contribution in [0.15, 0.2) is 47.4 Å². The van der Waals surface area contributed by atoms with E-state index >= 15 is 0 Å². The molecule has 0 atom stereocenters. The van der Waals surface area contributed by atoms with Gasteiger partial charge < -0.3 is 9.47 Å². The van der Waals surface area contributed by atoms with Gasteiger partial charge in [-0.15, -0.1) is 0 Å². The zero-order valence-electron chi connectivity index (χ0n) is 14.9. The molecule has 2 aromatic rings. The molecule has 27 heavy (non-hydrogen) atoms. The van der Waals surface area contributed by atoms with Crippen molar-refractivity contribution in [2.45, 2.75) is 13.5 Å². The molecular weight excluding hydrogens is 369 g/mol. The maximum Gasteiger partial charge on any atom is 0.293 e. The number of hydrogen-bond acceptors (Lipinski definition) is 5. The first-order valence-electron chi connectivity index (χ1n) is 8.32. The Bertz CT molecular complexity index is 895. The van der Waals surface area contributed by atoms with Gasteiger partial charge in [-0.05, 0) is 60.2 Å². The third kappa shape index (κ3) is 4.31. The molecule has 2 amide bonds. The van der Waals surface area contributed by atoms with Crippen LogP contribution in [0, 0.1) is 5.82 Å². The molecule has 0 unspecified atom stereocenters. The number of methoxy groups -OCH3 is 1. The molecular formula is C20H18FNO4S. The van der Waals surface area contributed by atoms with Crippen molar-refractivity contribution in [2.24, 2.45) is 0 Å². The third-order valence-corrected chi connectivity index (χ3v) is 4.82. The molecule has 2 aromatic carbocycles. The fourth-order valence-electron chi connectivity index (χ4n) is 2.61. The van der Waals surface area contributed by atoms with Crippen LogP contribution in [-0.4, -0.2) is 29.8 Å². The van der Waals surface area contributed by atoms with Crippen molar-refractivity contribution >= 4 is 29.0 Å². The second-order valence-corrected chi connectivity index (χ2v) is 6.73. The zero-order valence-corrected chi connectivity index (χ0v) is 15.7. The summed E-state index contributed by atoms with van der Waals surface area (Å²) < 4.78 is 23.8. The van der Waals surface area contributed by atoms with Gasteiger partial charge in [0.25, 0.3) is 11.1 Å². The predicted molar refractivity (Wildman–Crippen MR) is 102 cm³/mol. The molecule has 1 saturated heterocycles. The van der Waals surface area contributed by atoms with E-state index in [1.807, 2.05) is 6.92 Å². The molecule has 0 aromatic heterocycles. The van der Waals surface area contributed by atoms with E-state index in [1.165, 1.54) is 12.1 Å². The van der Waals surface area contributed by atoms with Gasteiger partial charge in [0.15, 0.2) is 11.5 Å². The largest absolute Gasteiger partial charge is 0.493 e. The number of carbonyl (C=O) groups is 2. The number of benzene rings is 2. The number of rotatable bonds is 6. The van der Waals surface area contributed by atoms with Crippen molar-refractivity contribution in [3.05, 3.63) is 64.3 Å². The Balaban J connectivity index is 1.81. The second-order valence-electron chi connectivity index (χ2n) is 5.74. The number of thioether (sulfide) groups is 1. The van der Waals surface area contributed by atoms with Gasteiger partial charge >= 0.3 is 0 Å². The average Bonchev–Trinajstić information content (AvgIpc) is 2.91. The van der Waals surface area contributed by atoms with Crippen LogP contribution in [0.3, 0.4) is 0 Å². The minimum Gasteiger partial charge on any atom is -0.493 e. The number of nitrogens with zero attached hydrogens (tertiary/aromatic N) is 1. The van der Waals surface area contributed by atoms with Crippen LogP contribution >= 0.6 is 11.8 Å². The van der Waals surface area contributed by atoms with E-state index in [0.717, 1.165) is 22.2 Å². The summed E-state index contributed by atoms with van der Waals surface area (Å²) in [5.74, 6) is 0.429. The van der Waals surface area contributed by atoms with Gasteiger partial charge in [-0.2, -0.15) is 0 Å². The highest BCUT2D eigenvalue weighted by Gasteiger charge is 2.35. The van der Waals surface area contributed by atoms with E-state index in [4.69, 9.17) is 9.47 Å². The summed E-state index contributed by atoms with van der Waals surface area (Å²) in [6.45, 7) is 2.45. The number of ether oxygens (including phenoxy) is 2. The van der Waals surface area contributed by atoms with Gasteiger partial charge in [0.05, 0.1) is 25.2 Å². The summed E-state index contributed by atoms with van der Waals surface area (Å²) in [6.07, 6.45) is 1.65. The summed E-state index contributed by atoms with van der Waals surface area (Å²) >= 11 is 0.881. The van der Waals surface area contributed by atoms with Crippen molar-refractivity contribution < 1.29 is 23.5 Å². The topological polar surface area (TPSA) is 55.8 Å². The van der Waals surface area contributed by atoms with Gasteiger partial charge in [0, 0.05) is 0 Å². The molecule has 0 N–H and O–H groups in total. The van der Waals surface area contributed by atoms with Gasteiger partial charge in [-0.25, -0.2) is 4.39 Å². The average molecular weight is 387 g/mol. The van der Waals surface area contributed by atoms with Crippen molar-refractivity contribution in [3.63, 3.8) is 0 Å². The monoisotopic (exact) mass is 387 g/mol. The van der Waals surface area contributed by atoms with Crippen LogP contribution in [0.4, 0.5) is 9.18 Å². The minimum absolute atomic E-state index is 0.106. The molecule has 140 valence electrons. The van der Waals surface area contributed by atoms with Gasteiger partial charge in [0.2, 0.25) is 0 Å².